The Morgan fingerprint density at radius 2 is 1.90 bits per heavy atom. The first kappa shape index (κ1) is 8.19. The fourth-order valence-corrected chi connectivity index (χ4v) is 2.83. The lowest BCUT2D eigenvalue weighted by Crippen LogP contribution is -1.61. The Balaban J connectivity index is 2.67. The molecule has 1 rings (SSSR count). The van der Waals surface area contributed by atoms with Crippen molar-refractivity contribution in [2.45, 2.75) is 4.90 Å². The van der Waals surface area contributed by atoms with Gasteiger partial charge in [0.1, 0.15) is 0 Å². The topological polar surface area (TPSA) is 17.1 Å². The molecule has 1 unspecified atom stereocenters. The molecule has 54 valence electrons. The van der Waals surface area contributed by atoms with Crippen LogP contribution in [0.3, 0.4) is 0 Å². The molecule has 0 fully saturated rings. The molecule has 0 amide bonds. The van der Waals surface area contributed by atoms with Crippen LogP contribution in [0.15, 0.2) is 35.2 Å². The van der Waals surface area contributed by atoms with Gasteiger partial charge in [-0.15, -0.1) is 0 Å². The van der Waals surface area contributed by atoms with Gasteiger partial charge in [0.25, 0.3) is 0 Å². The van der Waals surface area contributed by atoms with Crippen LogP contribution in [0.2, 0.25) is 0 Å². The Labute approximate surface area is 69.1 Å². The van der Waals surface area contributed by atoms with Crippen molar-refractivity contribution in [3.05, 3.63) is 30.3 Å². The first-order valence-corrected chi connectivity index (χ1v) is 6.67. The zero-order valence-electron chi connectivity index (χ0n) is 5.08. The average Bonchev–Trinajstić information content (AvgIpc) is 1.88. The third kappa shape index (κ3) is 2.78. The summed E-state index contributed by atoms with van der Waals surface area (Å²) in [6.07, 6.45) is -1.95. The fraction of sp³-hybridized carbons (Fsp3) is 0. The van der Waals surface area contributed by atoms with E-state index < -0.39 is 6.36 Å². The first-order valence-electron chi connectivity index (χ1n) is 2.71. The summed E-state index contributed by atoms with van der Waals surface area (Å²) in [5.74, 6) is 0. The fourth-order valence-electron chi connectivity index (χ4n) is 0.581. The average molecular weight is 193 g/mol. The van der Waals surface area contributed by atoms with Gasteiger partial charge in [0.05, 0.1) is 0 Å². The molecule has 1 aromatic carbocycles. The lowest BCUT2D eigenvalue weighted by Gasteiger charge is -1.92. The molecule has 0 aromatic heterocycles. The Bertz CT molecular complexity index is 226. The van der Waals surface area contributed by atoms with E-state index >= 15 is 0 Å². The second-order valence-electron chi connectivity index (χ2n) is 1.65. The number of halogens is 1. The SMILES string of the molecule is O=[PH](Cl)Sc1ccccc1. The van der Waals surface area contributed by atoms with E-state index in [0.717, 1.165) is 4.90 Å². The van der Waals surface area contributed by atoms with Crippen molar-refractivity contribution in [2.24, 2.45) is 0 Å². The summed E-state index contributed by atoms with van der Waals surface area (Å²) in [7, 11) is 0. The predicted molar refractivity (Wildman–Crippen MR) is 47.2 cm³/mol. The van der Waals surface area contributed by atoms with E-state index in [1.165, 1.54) is 11.4 Å². The summed E-state index contributed by atoms with van der Waals surface area (Å²) in [6.45, 7) is 0. The van der Waals surface area contributed by atoms with Crippen LogP contribution < -0.4 is 0 Å². The summed E-state index contributed by atoms with van der Waals surface area (Å²) >= 11 is 6.53. The molecule has 0 N–H and O–H groups in total. The largest absolute Gasteiger partial charge is 0.298 e. The molecule has 0 aliphatic carbocycles. The van der Waals surface area contributed by atoms with Gasteiger partial charge >= 0.3 is 0 Å². The highest BCUT2D eigenvalue weighted by Crippen LogP contribution is 2.47. The third-order valence-electron chi connectivity index (χ3n) is 0.941. The maximum atomic E-state index is 10.5. The van der Waals surface area contributed by atoms with Crippen LogP contribution in [0.5, 0.6) is 0 Å². The molecule has 1 aromatic rings. The standard InChI is InChI=1S/C6H6ClOPS/c7-9(8)10-6-4-2-1-3-5-6/h1-5,9H. The van der Waals surface area contributed by atoms with Gasteiger partial charge in [0.2, 0.25) is 6.36 Å². The molecule has 0 bridgehead atoms. The molecule has 0 saturated heterocycles. The monoisotopic (exact) mass is 192 g/mol. The van der Waals surface area contributed by atoms with Crippen molar-refractivity contribution >= 4 is 29.0 Å². The minimum absolute atomic E-state index is 0.960. The summed E-state index contributed by atoms with van der Waals surface area (Å²) in [5.41, 5.74) is 0. The van der Waals surface area contributed by atoms with Crippen LogP contribution in [0.1, 0.15) is 0 Å². The lowest BCUT2D eigenvalue weighted by atomic mass is 10.4. The van der Waals surface area contributed by atoms with Crippen LogP contribution in [0.25, 0.3) is 0 Å². The molecule has 1 atom stereocenters. The molecule has 0 aliphatic heterocycles. The molecule has 0 heterocycles. The van der Waals surface area contributed by atoms with E-state index in [2.05, 4.69) is 0 Å². The number of benzene rings is 1. The van der Waals surface area contributed by atoms with Crippen LogP contribution in [-0.4, -0.2) is 0 Å². The Hall–Kier alpha value is 0.0900. The van der Waals surface area contributed by atoms with E-state index in [9.17, 15) is 4.57 Å². The van der Waals surface area contributed by atoms with E-state index in [-0.39, 0.29) is 0 Å². The van der Waals surface area contributed by atoms with Gasteiger partial charge in [-0.3, -0.25) is 4.57 Å². The van der Waals surface area contributed by atoms with Crippen molar-refractivity contribution in [2.75, 3.05) is 0 Å². The molecular weight excluding hydrogens is 187 g/mol. The molecule has 4 heteroatoms. The number of hydrogen-bond acceptors (Lipinski definition) is 2. The Kier molecular flexibility index (Phi) is 3.33. The number of rotatable bonds is 2. The molecule has 0 radical (unpaired) electrons. The first-order chi connectivity index (χ1) is 4.79. The van der Waals surface area contributed by atoms with E-state index in [0.29, 0.717) is 0 Å². The van der Waals surface area contributed by atoms with Crippen molar-refractivity contribution < 1.29 is 4.57 Å². The van der Waals surface area contributed by atoms with Crippen LogP contribution in [-0.2, 0) is 4.57 Å². The highest BCUT2D eigenvalue weighted by atomic mass is 35.7. The maximum absolute atomic E-state index is 10.5. The summed E-state index contributed by atoms with van der Waals surface area (Å²) < 4.78 is 10.5. The van der Waals surface area contributed by atoms with Gasteiger partial charge in [0, 0.05) is 4.90 Å². The Morgan fingerprint density at radius 3 is 2.40 bits per heavy atom. The summed E-state index contributed by atoms with van der Waals surface area (Å²) in [5, 5.41) is 0. The summed E-state index contributed by atoms with van der Waals surface area (Å²) in [6, 6.07) is 9.47. The van der Waals surface area contributed by atoms with Gasteiger partial charge in [-0.2, -0.15) is 0 Å². The molecule has 0 aliphatic rings. The van der Waals surface area contributed by atoms with Crippen molar-refractivity contribution in [3.63, 3.8) is 0 Å². The second kappa shape index (κ2) is 4.07. The minimum atomic E-state index is -1.95. The van der Waals surface area contributed by atoms with Crippen LogP contribution in [0.4, 0.5) is 0 Å². The smallest absolute Gasteiger partial charge is 0.215 e. The van der Waals surface area contributed by atoms with E-state index in [4.69, 9.17) is 11.2 Å². The highest BCUT2D eigenvalue weighted by Gasteiger charge is 1.94. The van der Waals surface area contributed by atoms with Gasteiger partial charge in [-0.25, -0.2) is 0 Å². The van der Waals surface area contributed by atoms with Crippen molar-refractivity contribution in [1.82, 2.24) is 0 Å². The van der Waals surface area contributed by atoms with Gasteiger partial charge in [-0.1, -0.05) is 18.2 Å². The molecule has 0 saturated carbocycles. The second-order valence-corrected chi connectivity index (χ2v) is 6.23. The maximum Gasteiger partial charge on any atom is 0.215 e. The number of hydrogen-bond donors (Lipinski definition) is 0. The zero-order chi connectivity index (χ0) is 7.40. The molecule has 10 heavy (non-hydrogen) atoms. The lowest BCUT2D eigenvalue weighted by molar-refractivity contribution is 0.603. The molecule has 1 nitrogen and oxygen atoms in total. The quantitative estimate of drug-likeness (QED) is 0.668. The third-order valence-corrected chi connectivity index (χ3v) is 3.49. The summed E-state index contributed by atoms with van der Waals surface area (Å²) in [4.78, 5) is 0.960. The zero-order valence-corrected chi connectivity index (χ0v) is 7.65. The van der Waals surface area contributed by atoms with Crippen molar-refractivity contribution in [3.8, 4) is 0 Å². The van der Waals surface area contributed by atoms with Gasteiger partial charge < -0.3 is 0 Å². The van der Waals surface area contributed by atoms with Gasteiger partial charge in [-0.05, 0) is 34.8 Å². The normalized spacial score (nSPS) is 12.9. The predicted octanol–water partition coefficient (Wildman–Crippen LogP) is 3.41. The van der Waals surface area contributed by atoms with Crippen LogP contribution >= 0.6 is 29.0 Å². The van der Waals surface area contributed by atoms with E-state index in [1.807, 2.05) is 30.3 Å². The highest BCUT2D eigenvalue weighted by molar-refractivity contribution is 8.58. The minimum Gasteiger partial charge on any atom is -0.298 e. The Morgan fingerprint density at radius 1 is 1.30 bits per heavy atom. The van der Waals surface area contributed by atoms with Crippen molar-refractivity contribution in [1.29, 1.82) is 0 Å². The molecule has 0 spiro atoms. The van der Waals surface area contributed by atoms with E-state index in [1.54, 1.807) is 0 Å². The van der Waals surface area contributed by atoms with Crippen LogP contribution in [0, 0.1) is 0 Å². The van der Waals surface area contributed by atoms with Gasteiger partial charge in [0.15, 0.2) is 0 Å². The molecular formula is C6H6ClOPS.